The highest BCUT2D eigenvalue weighted by atomic mass is 16.3. The van der Waals surface area contributed by atoms with E-state index in [1.54, 1.807) is 12.4 Å². The Hall–Kier alpha value is -2.44. The summed E-state index contributed by atoms with van der Waals surface area (Å²) in [6.07, 6.45) is 17.9. The molecule has 1 saturated heterocycles. The number of hydrogen-bond donors (Lipinski definition) is 3. The minimum atomic E-state index is -1.06. The molecule has 2 aliphatic rings. The molecule has 4 rings (SSSR count). The lowest BCUT2D eigenvalue weighted by atomic mass is 9.84. The molecule has 0 radical (unpaired) electrons. The summed E-state index contributed by atoms with van der Waals surface area (Å²) in [4.78, 5) is 14.7. The summed E-state index contributed by atoms with van der Waals surface area (Å²) < 4.78 is 0. The lowest BCUT2D eigenvalue weighted by Crippen LogP contribution is -2.42. The highest BCUT2D eigenvalue weighted by molar-refractivity contribution is 5.88. The fourth-order valence-electron chi connectivity index (χ4n) is 5.57. The molecular formula is C29H43N5O. The third-order valence-electron chi connectivity index (χ3n) is 7.72. The summed E-state index contributed by atoms with van der Waals surface area (Å²) in [5.41, 5.74) is 4.27. The van der Waals surface area contributed by atoms with Crippen LogP contribution < -0.4 is 5.32 Å². The Morgan fingerprint density at radius 2 is 2.00 bits per heavy atom. The van der Waals surface area contributed by atoms with Crippen LogP contribution in [0.5, 0.6) is 0 Å². The molecule has 1 aromatic heterocycles. The van der Waals surface area contributed by atoms with Crippen molar-refractivity contribution in [2.24, 2.45) is 10.9 Å². The fourth-order valence-corrected chi connectivity index (χ4v) is 5.57. The van der Waals surface area contributed by atoms with Crippen LogP contribution in [0.2, 0.25) is 0 Å². The minimum absolute atomic E-state index is 0.631. The Morgan fingerprint density at radius 1 is 1.23 bits per heavy atom. The molecule has 1 atom stereocenters. The number of nitrogens with zero attached hydrogens (tertiary/aromatic N) is 3. The van der Waals surface area contributed by atoms with Gasteiger partial charge >= 0.3 is 0 Å². The van der Waals surface area contributed by atoms with Gasteiger partial charge < -0.3 is 15.4 Å². The number of H-pyrrole nitrogens is 1. The smallest absolute Gasteiger partial charge is 0.204 e. The molecule has 1 unspecified atom stereocenters. The van der Waals surface area contributed by atoms with Gasteiger partial charge in [0.25, 0.3) is 0 Å². The highest BCUT2D eigenvalue weighted by Crippen LogP contribution is 2.36. The minimum Gasteiger partial charge on any atom is -0.372 e. The summed E-state index contributed by atoms with van der Waals surface area (Å²) in [7, 11) is 0. The van der Waals surface area contributed by atoms with Crippen LogP contribution in [0, 0.1) is 5.92 Å². The Bertz CT molecular complexity index is 996. The van der Waals surface area contributed by atoms with E-state index in [4.69, 9.17) is 4.99 Å². The zero-order valence-electron chi connectivity index (χ0n) is 21.8. The molecule has 1 aliphatic carbocycles. The summed E-state index contributed by atoms with van der Waals surface area (Å²) >= 11 is 0. The molecule has 190 valence electrons. The lowest BCUT2D eigenvalue weighted by molar-refractivity contribution is -0.0884. The SMILES string of the molecule is CCCCC(=N/C=C(\C)c1ccc(Nc2ncc[nH]2)cc1C(C)(O)N1CCCC1)C1CCCCC1. The van der Waals surface area contributed by atoms with Crippen molar-refractivity contribution in [1.82, 2.24) is 14.9 Å². The van der Waals surface area contributed by atoms with Crippen molar-refractivity contribution < 1.29 is 5.11 Å². The Labute approximate surface area is 211 Å². The molecule has 0 bridgehead atoms. The van der Waals surface area contributed by atoms with E-state index >= 15 is 0 Å². The van der Waals surface area contributed by atoms with Crippen molar-refractivity contribution >= 4 is 22.9 Å². The van der Waals surface area contributed by atoms with Gasteiger partial charge in [0.05, 0.1) is 0 Å². The molecule has 1 saturated carbocycles. The number of hydrogen-bond acceptors (Lipinski definition) is 5. The standard InChI is InChI=1S/C29H43N5O/c1-4-5-13-27(23-11-7-6-8-12-23)32-21-22(2)25-15-14-24(33-28-30-16-17-31-28)20-26(25)29(3,35)34-18-9-10-19-34/h14-17,20-21,23,35H,4-13,18-19H2,1-3H3,(H2,30,31,33)/b22-21+,32-27?. The molecule has 1 aliphatic heterocycles. The van der Waals surface area contributed by atoms with Gasteiger partial charge in [0.2, 0.25) is 5.95 Å². The van der Waals surface area contributed by atoms with Crippen LogP contribution in [-0.2, 0) is 5.72 Å². The van der Waals surface area contributed by atoms with Gasteiger partial charge in [0.1, 0.15) is 5.72 Å². The molecule has 35 heavy (non-hydrogen) atoms. The van der Waals surface area contributed by atoms with E-state index in [0.29, 0.717) is 11.9 Å². The zero-order chi connectivity index (χ0) is 24.7. The second-order valence-corrected chi connectivity index (χ2v) is 10.4. The van der Waals surface area contributed by atoms with Crippen LogP contribution in [0.4, 0.5) is 11.6 Å². The van der Waals surface area contributed by atoms with Crippen molar-refractivity contribution in [3.63, 3.8) is 0 Å². The molecule has 2 heterocycles. The summed E-state index contributed by atoms with van der Waals surface area (Å²) in [5, 5.41) is 15.1. The number of nitrogens with one attached hydrogen (secondary N) is 2. The van der Waals surface area contributed by atoms with Gasteiger partial charge in [-0.15, -0.1) is 0 Å². The summed E-state index contributed by atoms with van der Waals surface area (Å²) in [5.74, 6) is 1.32. The number of aromatic nitrogens is 2. The van der Waals surface area contributed by atoms with Crippen LogP contribution in [0.15, 0.2) is 41.8 Å². The number of aliphatic imine (C=N–C) groups is 1. The van der Waals surface area contributed by atoms with Gasteiger partial charge in [-0.1, -0.05) is 38.7 Å². The number of rotatable bonds is 10. The van der Waals surface area contributed by atoms with E-state index in [1.165, 1.54) is 50.7 Å². The molecule has 6 nitrogen and oxygen atoms in total. The summed E-state index contributed by atoms with van der Waals surface area (Å²) in [6, 6.07) is 6.23. The van der Waals surface area contributed by atoms with Crippen LogP contribution >= 0.6 is 0 Å². The monoisotopic (exact) mass is 477 g/mol. The molecule has 6 heteroatoms. The van der Waals surface area contributed by atoms with E-state index in [-0.39, 0.29) is 0 Å². The maximum atomic E-state index is 11.8. The molecule has 3 N–H and O–H groups in total. The maximum Gasteiger partial charge on any atom is 0.204 e. The van der Waals surface area contributed by atoms with E-state index in [9.17, 15) is 5.11 Å². The molecule has 1 aromatic carbocycles. The van der Waals surface area contributed by atoms with Crippen molar-refractivity contribution in [3.05, 3.63) is 47.9 Å². The van der Waals surface area contributed by atoms with Crippen molar-refractivity contribution in [2.45, 2.75) is 90.7 Å². The molecular weight excluding hydrogens is 434 g/mol. The van der Waals surface area contributed by atoms with Crippen LogP contribution in [0.25, 0.3) is 5.57 Å². The van der Waals surface area contributed by atoms with Crippen molar-refractivity contribution in [1.29, 1.82) is 0 Å². The molecule has 0 amide bonds. The first-order valence-corrected chi connectivity index (χ1v) is 13.6. The van der Waals surface area contributed by atoms with Gasteiger partial charge in [-0.2, -0.15) is 0 Å². The van der Waals surface area contributed by atoms with Crippen LogP contribution in [0.1, 0.15) is 96.1 Å². The van der Waals surface area contributed by atoms with Crippen molar-refractivity contribution in [2.75, 3.05) is 18.4 Å². The van der Waals surface area contributed by atoms with Gasteiger partial charge in [-0.3, -0.25) is 9.89 Å². The fraction of sp³-hybridized carbons (Fsp3) is 0.586. The average Bonchev–Trinajstić information content (AvgIpc) is 3.60. The van der Waals surface area contributed by atoms with Crippen LogP contribution in [-0.4, -0.2) is 38.8 Å². The normalized spacial score (nSPS) is 20.2. The Kier molecular flexibility index (Phi) is 8.79. The molecule has 0 spiro atoms. The number of unbranched alkanes of at least 4 members (excludes halogenated alkanes) is 1. The number of likely N-dealkylation sites (tertiary alicyclic amines) is 1. The van der Waals surface area contributed by atoms with Crippen molar-refractivity contribution in [3.8, 4) is 0 Å². The quantitative estimate of drug-likeness (QED) is 0.322. The highest BCUT2D eigenvalue weighted by Gasteiger charge is 2.35. The second-order valence-electron chi connectivity index (χ2n) is 10.4. The second kappa shape index (κ2) is 12.0. The van der Waals surface area contributed by atoms with E-state index in [0.717, 1.165) is 54.7 Å². The number of imidazole rings is 1. The number of aromatic amines is 1. The number of aliphatic hydroxyl groups is 1. The third kappa shape index (κ3) is 6.42. The Balaban J connectivity index is 1.67. The third-order valence-corrected chi connectivity index (χ3v) is 7.72. The van der Waals surface area contributed by atoms with Gasteiger partial charge in [-0.25, -0.2) is 4.98 Å². The number of allylic oxidation sites excluding steroid dienone is 1. The first kappa shape index (κ1) is 25.6. The van der Waals surface area contributed by atoms with E-state index < -0.39 is 5.72 Å². The van der Waals surface area contributed by atoms with Gasteiger partial charge in [0, 0.05) is 48.6 Å². The van der Waals surface area contributed by atoms with E-state index in [1.807, 2.05) is 6.92 Å². The topological polar surface area (TPSA) is 76.5 Å². The van der Waals surface area contributed by atoms with E-state index in [2.05, 4.69) is 58.4 Å². The first-order chi connectivity index (χ1) is 17.0. The first-order valence-electron chi connectivity index (χ1n) is 13.6. The zero-order valence-corrected chi connectivity index (χ0v) is 21.8. The van der Waals surface area contributed by atoms with Gasteiger partial charge in [-0.05, 0) is 81.6 Å². The van der Waals surface area contributed by atoms with Crippen LogP contribution in [0.3, 0.4) is 0 Å². The predicted octanol–water partition coefficient (Wildman–Crippen LogP) is 6.99. The summed E-state index contributed by atoms with van der Waals surface area (Å²) in [6.45, 7) is 8.13. The lowest BCUT2D eigenvalue weighted by Gasteiger charge is -2.36. The van der Waals surface area contributed by atoms with Gasteiger partial charge in [0.15, 0.2) is 0 Å². The predicted molar refractivity (Wildman–Crippen MR) is 146 cm³/mol. The Morgan fingerprint density at radius 3 is 2.69 bits per heavy atom. The molecule has 2 aromatic rings. The average molecular weight is 478 g/mol. The maximum absolute atomic E-state index is 11.8. The number of anilines is 2. The molecule has 2 fully saturated rings. The number of benzene rings is 1. The largest absolute Gasteiger partial charge is 0.372 e.